The molecule has 1 fully saturated rings. The second-order valence-corrected chi connectivity index (χ2v) is 5.10. The molecule has 2 rings (SSSR count). The van der Waals surface area contributed by atoms with Gasteiger partial charge in [-0.1, -0.05) is 24.6 Å². The lowest BCUT2D eigenvalue weighted by Gasteiger charge is -2.25. The van der Waals surface area contributed by atoms with Crippen molar-refractivity contribution in [2.24, 2.45) is 5.92 Å². The Balaban J connectivity index is 1.67. The lowest BCUT2D eigenvalue weighted by atomic mass is 9.86. The van der Waals surface area contributed by atoms with Crippen LogP contribution in [0.3, 0.4) is 0 Å². The molecule has 0 bridgehead atoms. The standard InChI is InChI=1S/C15H20FNO2/c1-11(19-15(18)12-6-4-7-12)9-17-10-13-5-2-3-8-14(13)16/h2-3,5,8,11-12,17H,4,6-7,9-10H2,1H3. The van der Waals surface area contributed by atoms with Gasteiger partial charge in [0.1, 0.15) is 11.9 Å². The Labute approximate surface area is 113 Å². The number of halogens is 1. The summed E-state index contributed by atoms with van der Waals surface area (Å²) in [4.78, 5) is 11.6. The number of rotatable bonds is 6. The summed E-state index contributed by atoms with van der Waals surface area (Å²) in [5, 5.41) is 3.11. The first-order valence-electron chi connectivity index (χ1n) is 6.81. The number of benzene rings is 1. The van der Waals surface area contributed by atoms with Crippen molar-refractivity contribution in [2.75, 3.05) is 6.54 Å². The fraction of sp³-hybridized carbons (Fsp3) is 0.533. The van der Waals surface area contributed by atoms with Gasteiger partial charge in [0.2, 0.25) is 0 Å². The van der Waals surface area contributed by atoms with Gasteiger partial charge in [0.25, 0.3) is 0 Å². The number of nitrogens with one attached hydrogen (secondary N) is 1. The molecule has 1 aromatic carbocycles. The predicted octanol–water partition coefficient (Wildman–Crippen LogP) is 2.65. The summed E-state index contributed by atoms with van der Waals surface area (Å²) in [5.74, 6) is -0.199. The van der Waals surface area contributed by atoms with E-state index in [4.69, 9.17) is 4.74 Å². The van der Waals surface area contributed by atoms with E-state index in [-0.39, 0.29) is 23.8 Å². The van der Waals surface area contributed by atoms with Crippen LogP contribution in [0.25, 0.3) is 0 Å². The van der Waals surface area contributed by atoms with Crippen molar-refractivity contribution in [3.8, 4) is 0 Å². The van der Waals surface area contributed by atoms with Crippen molar-refractivity contribution < 1.29 is 13.9 Å². The average molecular weight is 265 g/mol. The topological polar surface area (TPSA) is 38.3 Å². The van der Waals surface area contributed by atoms with Crippen molar-refractivity contribution in [1.82, 2.24) is 5.32 Å². The number of hydrogen-bond donors (Lipinski definition) is 1. The second kappa shape index (κ2) is 6.66. The van der Waals surface area contributed by atoms with E-state index in [0.717, 1.165) is 19.3 Å². The molecule has 3 nitrogen and oxygen atoms in total. The van der Waals surface area contributed by atoms with Crippen LogP contribution in [0.15, 0.2) is 24.3 Å². The largest absolute Gasteiger partial charge is 0.461 e. The van der Waals surface area contributed by atoms with E-state index in [1.54, 1.807) is 18.2 Å². The lowest BCUT2D eigenvalue weighted by Crippen LogP contribution is -2.33. The van der Waals surface area contributed by atoms with E-state index < -0.39 is 0 Å². The summed E-state index contributed by atoms with van der Waals surface area (Å²) in [7, 11) is 0. The maximum Gasteiger partial charge on any atom is 0.309 e. The van der Waals surface area contributed by atoms with E-state index in [1.165, 1.54) is 6.07 Å². The summed E-state index contributed by atoms with van der Waals surface area (Å²) < 4.78 is 18.7. The Kier molecular flexibility index (Phi) is 4.91. The number of ether oxygens (including phenoxy) is 1. The zero-order valence-electron chi connectivity index (χ0n) is 11.2. The lowest BCUT2D eigenvalue weighted by molar-refractivity contribution is -0.155. The molecule has 1 atom stereocenters. The highest BCUT2D eigenvalue weighted by atomic mass is 19.1. The summed E-state index contributed by atoms with van der Waals surface area (Å²) >= 11 is 0. The van der Waals surface area contributed by atoms with Crippen LogP contribution < -0.4 is 5.32 Å². The molecule has 1 saturated carbocycles. The van der Waals surface area contributed by atoms with E-state index in [0.29, 0.717) is 18.7 Å². The van der Waals surface area contributed by atoms with Gasteiger partial charge in [0.05, 0.1) is 5.92 Å². The molecule has 0 heterocycles. The molecule has 0 saturated heterocycles. The predicted molar refractivity (Wildman–Crippen MR) is 71.0 cm³/mol. The fourth-order valence-corrected chi connectivity index (χ4v) is 2.03. The number of esters is 1. The molecule has 1 unspecified atom stereocenters. The molecule has 0 aliphatic heterocycles. The highest BCUT2D eigenvalue weighted by Crippen LogP contribution is 2.27. The van der Waals surface area contributed by atoms with Gasteiger partial charge in [-0.05, 0) is 25.8 Å². The van der Waals surface area contributed by atoms with Gasteiger partial charge in [0, 0.05) is 18.7 Å². The van der Waals surface area contributed by atoms with Crippen molar-refractivity contribution in [2.45, 2.75) is 38.8 Å². The van der Waals surface area contributed by atoms with Crippen LogP contribution in [0.4, 0.5) is 4.39 Å². The molecular weight excluding hydrogens is 245 g/mol. The molecule has 0 aromatic heterocycles. The SMILES string of the molecule is CC(CNCc1ccccc1F)OC(=O)C1CCC1. The van der Waals surface area contributed by atoms with Crippen molar-refractivity contribution in [3.05, 3.63) is 35.6 Å². The summed E-state index contributed by atoms with van der Waals surface area (Å²) in [6.07, 6.45) is 2.85. The number of carbonyl (C=O) groups excluding carboxylic acids is 1. The maximum atomic E-state index is 13.4. The number of hydrogen-bond acceptors (Lipinski definition) is 3. The third-order valence-electron chi connectivity index (χ3n) is 3.46. The fourth-order valence-electron chi connectivity index (χ4n) is 2.03. The monoisotopic (exact) mass is 265 g/mol. The Morgan fingerprint density at radius 1 is 1.47 bits per heavy atom. The third kappa shape index (κ3) is 4.03. The summed E-state index contributed by atoms with van der Waals surface area (Å²) in [6.45, 7) is 2.83. The van der Waals surface area contributed by atoms with Crippen LogP contribution in [0.2, 0.25) is 0 Å². The van der Waals surface area contributed by atoms with Gasteiger partial charge in [-0.3, -0.25) is 4.79 Å². The Morgan fingerprint density at radius 2 is 2.21 bits per heavy atom. The Bertz CT molecular complexity index is 432. The molecule has 0 spiro atoms. The quantitative estimate of drug-likeness (QED) is 0.804. The molecule has 1 aliphatic rings. The van der Waals surface area contributed by atoms with Gasteiger partial charge in [-0.2, -0.15) is 0 Å². The highest BCUT2D eigenvalue weighted by molar-refractivity contribution is 5.73. The van der Waals surface area contributed by atoms with Crippen molar-refractivity contribution in [3.63, 3.8) is 0 Å². The highest BCUT2D eigenvalue weighted by Gasteiger charge is 2.27. The van der Waals surface area contributed by atoms with Crippen LogP contribution in [-0.4, -0.2) is 18.6 Å². The first-order chi connectivity index (χ1) is 9.16. The summed E-state index contributed by atoms with van der Waals surface area (Å²) in [5.41, 5.74) is 0.625. The van der Waals surface area contributed by atoms with E-state index in [9.17, 15) is 9.18 Å². The van der Waals surface area contributed by atoms with Crippen LogP contribution in [0, 0.1) is 11.7 Å². The van der Waals surface area contributed by atoms with Crippen molar-refractivity contribution >= 4 is 5.97 Å². The maximum absolute atomic E-state index is 13.4. The van der Waals surface area contributed by atoms with Crippen LogP contribution in [0.1, 0.15) is 31.7 Å². The minimum absolute atomic E-state index is 0.0913. The molecule has 0 radical (unpaired) electrons. The van der Waals surface area contributed by atoms with Crippen molar-refractivity contribution in [1.29, 1.82) is 0 Å². The van der Waals surface area contributed by atoms with Crippen LogP contribution in [0.5, 0.6) is 0 Å². The molecule has 19 heavy (non-hydrogen) atoms. The Hall–Kier alpha value is -1.42. The summed E-state index contributed by atoms with van der Waals surface area (Å²) in [6, 6.07) is 6.66. The van der Waals surface area contributed by atoms with E-state index >= 15 is 0 Å². The Morgan fingerprint density at radius 3 is 2.84 bits per heavy atom. The first-order valence-corrected chi connectivity index (χ1v) is 6.81. The molecule has 1 N–H and O–H groups in total. The third-order valence-corrected chi connectivity index (χ3v) is 3.46. The number of carbonyl (C=O) groups is 1. The van der Waals surface area contributed by atoms with Crippen LogP contribution >= 0.6 is 0 Å². The minimum Gasteiger partial charge on any atom is -0.461 e. The second-order valence-electron chi connectivity index (χ2n) is 5.10. The van der Waals surface area contributed by atoms with Gasteiger partial charge >= 0.3 is 5.97 Å². The van der Waals surface area contributed by atoms with Gasteiger partial charge in [-0.15, -0.1) is 0 Å². The molecule has 104 valence electrons. The molecule has 4 heteroatoms. The molecule has 0 amide bonds. The smallest absolute Gasteiger partial charge is 0.309 e. The van der Waals surface area contributed by atoms with E-state index in [2.05, 4.69) is 5.32 Å². The average Bonchev–Trinajstić information content (AvgIpc) is 2.29. The van der Waals surface area contributed by atoms with E-state index in [1.807, 2.05) is 6.92 Å². The van der Waals surface area contributed by atoms with Gasteiger partial charge in [-0.25, -0.2) is 4.39 Å². The van der Waals surface area contributed by atoms with Crippen LogP contribution in [-0.2, 0) is 16.1 Å². The normalized spacial score (nSPS) is 16.7. The minimum atomic E-state index is -0.214. The zero-order valence-corrected chi connectivity index (χ0v) is 11.2. The van der Waals surface area contributed by atoms with Gasteiger partial charge in [0.15, 0.2) is 0 Å². The first kappa shape index (κ1) is 14.0. The van der Waals surface area contributed by atoms with Gasteiger partial charge < -0.3 is 10.1 Å². The molecular formula is C15H20FNO2. The molecule has 1 aromatic rings. The zero-order chi connectivity index (χ0) is 13.7. The molecule has 1 aliphatic carbocycles.